The van der Waals surface area contributed by atoms with Gasteiger partial charge in [0.1, 0.15) is 0 Å². The predicted octanol–water partition coefficient (Wildman–Crippen LogP) is 2.93. The first-order valence-corrected chi connectivity index (χ1v) is 7.05. The molecular formula is C16H24N4. The number of anilines is 1. The van der Waals surface area contributed by atoms with Gasteiger partial charge in [0.05, 0.1) is 18.4 Å². The molecule has 0 saturated heterocycles. The Hall–Kier alpha value is -1.81. The molecule has 4 nitrogen and oxygen atoms in total. The molecule has 2 aromatic rings. The number of benzene rings is 1. The monoisotopic (exact) mass is 272 g/mol. The van der Waals surface area contributed by atoms with Crippen LogP contribution in [0.15, 0.2) is 36.7 Å². The highest BCUT2D eigenvalue weighted by Gasteiger charge is 2.06. The molecule has 0 bridgehead atoms. The highest BCUT2D eigenvalue weighted by Crippen LogP contribution is 2.19. The van der Waals surface area contributed by atoms with E-state index in [1.54, 1.807) is 0 Å². The van der Waals surface area contributed by atoms with E-state index < -0.39 is 0 Å². The van der Waals surface area contributed by atoms with Crippen molar-refractivity contribution in [1.29, 1.82) is 0 Å². The van der Waals surface area contributed by atoms with Gasteiger partial charge in [0.25, 0.3) is 0 Å². The van der Waals surface area contributed by atoms with Crippen LogP contribution in [0.25, 0.3) is 0 Å². The summed E-state index contributed by atoms with van der Waals surface area (Å²) in [5.74, 6) is 0. The summed E-state index contributed by atoms with van der Waals surface area (Å²) in [5, 5.41) is 7.87. The molecule has 0 aliphatic rings. The average Bonchev–Trinajstić information content (AvgIpc) is 2.84. The predicted molar refractivity (Wildman–Crippen MR) is 84.0 cm³/mol. The summed E-state index contributed by atoms with van der Waals surface area (Å²) in [6, 6.07) is 8.91. The largest absolute Gasteiger partial charge is 0.376 e. The molecule has 0 aliphatic heterocycles. The molecule has 4 heteroatoms. The Kier molecular flexibility index (Phi) is 4.79. The van der Waals surface area contributed by atoms with E-state index in [4.69, 9.17) is 0 Å². The molecule has 0 spiro atoms. The van der Waals surface area contributed by atoms with Gasteiger partial charge in [-0.15, -0.1) is 0 Å². The fourth-order valence-corrected chi connectivity index (χ4v) is 2.05. The SMILES string of the molecule is Cc1ccc([C@@H](C)Nc2cnn(CCN(C)C)c2)cc1. The van der Waals surface area contributed by atoms with Gasteiger partial charge in [-0.25, -0.2) is 0 Å². The van der Waals surface area contributed by atoms with E-state index in [1.165, 1.54) is 11.1 Å². The van der Waals surface area contributed by atoms with Gasteiger partial charge in [-0.05, 0) is 33.5 Å². The van der Waals surface area contributed by atoms with E-state index in [-0.39, 0.29) is 6.04 Å². The number of aryl methyl sites for hydroxylation is 1. The summed E-state index contributed by atoms with van der Waals surface area (Å²) in [4.78, 5) is 2.16. The Morgan fingerprint density at radius 2 is 1.95 bits per heavy atom. The molecule has 0 aliphatic carbocycles. The minimum Gasteiger partial charge on any atom is -0.376 e. The van der Waals surface area contributed by atoms with Gasteiger partial charge in [0, 0.05) is 18.8 Å². The third-order valence-electron chi connectivity index (χ3n) is 3.37. The van der Waals surface area contributed by atoms with Crippen molar-refractivity contribution in [2.75, 3.05) is 26.0 Å². The number of rotatable bonds is 6. The highest BCUT2D eigenvalue weighted by molar-refractivity contribution is 5.41. The number of likely N-dealkylation sites (N-methyl/N-ethyl adjacent to an activating group) is 1. The summed E-state index contributed by atoms with van der Waals surface area (Å²) in [6.45, 7) is 6.18. The zero-order valence-electron chi connectivity index (χ0n) is 12.8. The number of hydrogen-bond donors (Lipinski definition) is 1. The van der Waals surface area contributed by atoms with Crippen molar-refractivity contribution in [3.63, 3.8) is 0 Å². The van der Waals surface area contributed by atoms with E-state index in [0.29, 0.717) is 0 Å². The second kappa shape index (κ2) is 6.57. The molecule has 0 radical (unpaired) electrons. The van der Waals surface area contributed by atoms with Gasteiger partial charge in [-0.3, -0.25) is 4.68 Å². The molecule has 1 heterocycles. The zero-order valence-corrected chi connectivity index (χ0v) is 12.8. The smallest absolute Gasteiger partial charge is 0.0731 e. The Morgan fingerprint density at radius 3 is 2.60 bits per heavy atom. The van der Waals surface area contributed by atoms with Crippen LogP contribution in [0.3, 0.4) is 0 Å². The molecule has 0 unspecified atom stereocenters. The van der Waals surface area contributed by atoms with E-state index in [1.807, 2.05) is 10.9 Å². The van der Waals surface area contributed by atoms with Gasteiger partial charge in [-0.2, -0.15) is 5.10 Å². The van der Waals surface area contributed by atoms with Crippen LogP contribution in [0.5, 0.6) is 0 Å². The molecule has 0 saturated carbocycles. The second-order valence-electron chi connectivity index (χ2n) is 5.57. The summed E-state index contributed by atoms with van der Waals surface area (Å²) in [7, 11) is 4.14. The summed E-state index contributed by atoms with van der Waals surface area (Å²) in [6.07, 6.45) is 3.95. The van der Waals surface area contributed by atoms with Crippen molar-refractivity contribution >= 4 is 5.69 Å². The minimum absolute atomic E-state index is 0.280. The molecule has 0 amide bonds. The van der Waals surface area contributed by atoms with Crippen LogP contribution in [-0.2, 0) is 6.54 Å². The molecule has 2 rings (SSSR count). The maximum absolute atomic E-state index is 4.38. The molecule has 20 heavy (non-hydrogen) atoms. The van der Waals surface area contributed by atoms with Crippen molar-refractivity contribution in [2.24, 2.45) is 0 Å². The molecular weight excluding hydrogens is 248 g/mol. The topological polar surface area (TPSA) is 33.1 Å². The lowest BCUT2D eigenvalue weighted by atomic mass is 10.1. The molecule has 0 fully saturated rings. The Balaban J connectivity index is 1.94. The molecule has 1 N–H and O–H groups in total. The Labute approximate surface area is 121 Å². The van der Waals surface area contributed by atoms with Crippen molar-refractivity contribution in [3.8, 4) is 0 Å². The van der Waals surface area contributed by atoms with E-state index in [0.717, 1.165) is 18.8 Å². The number of nitrogens with zero attached hydrogens (tertiary/aromatic N) is 3. The van der Waals surface area contributed by atoms with Gasteiger partial charge in [-0.1, -0.05) is 29.8 Å². The van der Waals surface area contributed by atoms with Gasteiger partial charge in [0.2, 0.25) is 0 Å². The van der Waals surface area contributed by atoms with E-state index >= 15 is 0 Å². The lowest BCUT2D eigenvalue weighted by molar-refractivity contribution is 0.373. The van der Waals surface area contributed by atoms with E-state index in [2.05, 4.69) is 73.7 Å². The molecule has 1 aromatic carbocycles. The Bertz CT molecular complexity index is 528. The number of nitrogens with one attached hydrogen (secondary N) is 1. The molecule has 108 valence electrons. The summed E-state index contributed by atoms with van der Waals surface area (Å²) >= 11 is 0. The van der Waals surface area contributed by atoms with Gasteiger partial charge < -0.3 is 10.2 Å². The number of aromatic nitrogens is 2. The highest BCUT2D eigenvalue weighted by atomic mass is 15.3. The van der Waals surface area contributed by atoms with Crippen LogP contribution >= 0.6 is 0 Å². The first-order valence-electron chi connectivity index (χ1n) is 7.05. The van der Waals surface area contributed by atoms with Crippen LogP contribution in [0, 0.1) is 6.92 Å². The van der Waals surface area contributed by atoms with Crippen LogP contribution in [0.2, 0.25) is 0 Å². The average molecular weight is 272 g/mol. The van der Waals surface area contributed by atoms with Crippen molar-refractivity contribution in [3.05, 3.63) is 47.8 Å². The van der Waals surface area contributed by atoms with Crippen LogP contribution < -0.4 is 5.32 Å². The fourth-order valence-electron chi connectivity index (χ4n) is 2.05. The minimum atomic E-state index is 0.280. The lowest BCUT2D eigenvalue weighted by Gasteiger charge is -2.14. The van der Waals surface area contributed by atoms with Crippen LogP contribution in [-0.4, -0.2) is 35.3 Å². The molecule has 1 aromatic heterocycles. The zero-order chi connectivity index (χ0) is 14.5. The van der Waals surface area contributed by atoms with Crippen molar-refractivity contribution < 1.29 is 0 Å². The lowest BCUT2D eigenvalue weighted by Crippen LogP contribution is -2.18. The van der Waals surface area contributed by atoms with Crippen LogP contribution in [0.1, 0.15) is 24.1 Å². The van der Waals surface area contributed by atoms with Gasteiger partial charge in [0.15, 0.2) is 0 Å². The first kappa shape index (κ1) is 14.6. The second-order valence-corrected chi connectivity index (χ2v) is 5.57. The summed E-state index contributed by atoms with van der Waals surface area (Å²) in [5.41, 5.74) is 3.64. The van der Waals surface area contributed by atoms with Crippen LogP contribution in [0.4, 0.5) is 5.69 Å². The first-order chi connectivity index (χ1) is 9.54. The van der Waals surface area contributed by atoms with Gasteiger partial charge >= 0.3 is 0 Å². The third-order valence-corrected chi connectivity index (χ3v) is 3.37. The van der Waals surface area contributed by atoms with E-state index in [9.17, 15) is 0 Å². The quantitative estimate of drug-likeness (QED) is 0.877. The molecule has 1 atom stereocenters. The maximum Gasteiger partial charge on any atom is 0.0731 e. The van der Waals surface area contributed by atoms with Crippen molar-refractivity contribution in [2.45, 2.75) is 26.4 Å². The number of hydrogen-bond acceptors (Lipinski definition) is 3. The fraction of sp³-hybridized carbons (Fsp3) is 0.438. The summed E-state index contributed by atoms with van der Waals surface area (Å²) < 4.78 is 1.98. The van der Waals surface area contributed by atoms with Crippen molar-refractivity contribution in [1.82, 2.24) is 14.7 Å². The Morgan fingerprint density at radius 1 is 1.25 bits per heavy atom. The normalized spacial score (nSPS) is 12.7. The maximum atomic E-state index is 4.38. The standard InChI is InChI=1S/C16H24N4/c1-13-5-7-15(8-6-13)14(2)18-16-11-17-20(12-16)10-9-19(3)4/h5-8,11-12,14,18H,9-10H2,1-4H3/t14-/m1/s1. The third kappa shape index (κ3) is 4.10.